The quantitative estimate of drug-likeness (QED) is 0.499. The maximum absolute atomic E-state index is 12.3. The number of nitrogens with zero attached hydrogens (tertiary/aromatic N) is 1. The highest BCUT2D eigenvalue weighted by atomic mass is 32.1. The van der Waals surface area contributed by atoms with E-state index in [1.54, 1.807) is 29.6 Å². The summed E-state index contributed by atoms with van der Waals surface area (Å²) in [7, 11) is 0. The summed E-state index contributed by atoms with van der Waals surface area (Å²) >= 11 is 1.33. The molecule has 160 valence electrons. The second-order valence-corrected chi connectivity index (χ2v) is 8.02. The van der Waals surface area contributed by atoms with Gasteiger partial charge in [-0.2, -0.15) is 0 Å². The fourth-order valence-electron chi connectivity index (χ4n) is 2.88. The van der Waals surface area contributed by atoms with E-state index in [2.05, 4.69) is 15.6 Å². The molecule has 2 aromatic carbocycles. The van der Waals surface area contributed by atoms with Crippen molar-refractivity contribution in [2.45, 2.75) is 26.2 Å². The predicted molar refractivity (Wildman–Crippen MR) is 120 cm³/mol. The number of benzene rings is 2. The Morgan fingerprint density at radius 3 is 2.29 bits per heavy atom. The minimum absolute atomic E-state index is 0.0119. The number of anilines is 2. The lowest BCUT2D eigenvalue weighted by Crippen LogP contribution is -2.15. The third-order valence-electron chi connectivity index (χ3n) is 4.58. The highest BCUT2D eigenvalue weighted by Crippen LogP contribution is 2.30. The van der Waals surface area contributed by atoms with E-state index in [0.29, 0.717) is 34.6 Å². The van der Waals surface area contributed by atoms with Crippen molar-refractivity contribution in [2.75, 3.05) is 17.2 Å². The minimum Gasteiger partial charge on any atom is -0.494 e. The summed E-state index contributed by atoms with van der Waals surface area (Å²) in [6.45, 7) is 2.56. The van der Waals surface area contributed by atoms with E-state index in [4.69, 9.17) is 9.47 Å². The number of carbonyl (C=O) groups excluding carboxylic acids is 2. The van der Waals surface area contributed by atoms with Gasteiger partial charge in [-0.05, 0) is 68.3 Å². The van der Waals surface area contributed by atoms with Crippen LogP contribution in [0.25, 0.3) is 0 Å². The summed E-state index contributed by atoms with van der Waals surface area (Å²) in [5, 5.41) is 7.97. The Hall–Kier alpha value is -3.39. The van der Waals surface area contributed by atoms with Crippen molar-refractivity contribution in [3.05, 3.63) is 59.6 Å². The lowest BCUT2D eigenvalue weighted by molar-refractivity contribution is -0.117. The molecule has 1 aliphatic rings. The van der Waals surface area contributed by atoms with E-state index in [1.165, 1.54) is 11.3 Å². The molecule has 3 aromatic rings. The third kappa shape index (κ3) is 6.05. The van der Waals surface area contributed by atoms with Crippen LogP contribution in [0, 0.1) is 5.92 Å². The molecule has 0 atom stereocenters. The van der Waals surface area contributed by atoms with E-state index in [-0.39, 0.29) is 24.2 Å². The van der Waals surface area contributed by atoms with E-state index >= 15 is 0 Å². The Morgan fingerprint density at radius 1 is 1.00 bits per heavy atom. The Bertz CT molecular complexity index is 1040. The van der Waals surface area contributed by atoms with Gasteiger partial charge in [-0.3, -0.25) is 9.59 Å². The number of hydrogen-bond donors (Lipinski definition) is 2. The Kier molecular flexibility index (Phi) is 6.47. The van der Waals surface area contributed by atoms with Gasteiger partial charge in [-0.1, -0.05) is 0 Å². The highest BCUT2D eigenvalue weighted by molar-refractivity contribution is 7.13. The van der Waals surface area contributed by atoms with Crippen molar-refractivity contribution in [3.8, 4) is 17.2 Å². The highest BCUT2D eigenvalue weighted by Gasteiger charge is 2.30. The van der Waals surface area contributed by atoms with Crippen LogP contribution in [-0.4, -0.2) is 23.4 Å². The number of thiazole rings is 1. The fourth-order valence-corrected chi connectivity index (χ4v) is 3.59. The molecular weight excluding hydrogens is 414 g/mol. The van der Waals surface area contributed by atoms with Crippen LogP contribution in [0.15, 0.2) is 53.9 Å². The third-order valence-corrected chi connectivity index (χ3v) is 5.39. The van der Waals surface area contributed by atoms with Gasteiger partial charge in [-0.25, -0.2) is 4.98 Å². The van der Waals surface area contributed by atoms with Gasteiger partial charge in [0.1, 0.15) is 17.2 Å². The van der Waals surface area contributed by atoms with E-state index in [9.17, 15) is 9.59 Å². The van der Waals surface area contributed by atoms with Crippen molar-refractivity contribution in [2.24, 2.45) is 5.92 Å². The largest absolute Gasteiger partial charge is 0.494 e. The zero-order chi connectivity index (χ0) is 21.6. The summed E-state index contributed by atoms with van der Waals surface area (Å²) in [5.74, 6) is 2.12. The van der Waals surface area contributed by atoms with Crippen LogP contribution in [-0.2, 0) is 16.0 Å². The van der Waals surface area contributed by atoms with Crippen molar-refractivity contribution < 1.29 is 19.1 Å². The van der Waals surface area contributed by atoms with Gasteiger partial charge < -0.3 is 20.1 Å². The lowest BCUT2D eigenvalue weighted by Gasteiger charge is -2.09. The summed E-state index contributed by atoms with van der Waals surface area (Å²) in [6, 6.07) is 14.5. The molecule has 7 nitrogen and oxygen atoms in total. The lowest BCUT2D eigenvalue weighted by atomic mass is 10.2. The number of ether oxygens (including phenoxy) is 2. The summed E-state index contributed by atoms with van der Waals surface area (Å²) < 4.78 is 11.2. The number of nitrogens with one attached hydrogen (secondary N) is 2. The molecule has 1 fully saturated rings. The van der Waals surface area contributed by atoms with Gasteiger partial charge in [0.25, 0.3) is 0 Å². The number of amides is 2. The molecule has 2 amide bonds. The van der Waals surface area contributed by atoms with E-state index in [0.717, 1.165) is 18.6 Å². The minimum atomic E-state index is -0.175. The van der Waals surface area contributed by atoms with Crippen LogP contribution in [0.5, 0.6) is 17.2 Å². The summed E-state index contributed by atoms with van der Waals surface area (Å²) in [4.78, 5) is 28.4. The normalized spacial score (nSPS) is 12.8. The maximum atomic E-state index is 12.3. The van der Waals surface area contributed by atoms with Gasteiger partial charge in [-0.15, -0.1) is 11.3 Å². The van der Waals surface area contributed by atoms with Crippen molar-refractivity contribution >= 4 is 34.0 Å². The first-order valence-electron chi connectivity index (χ1n) is 10.1. The van der Waals surface area contributed by atoms with Gasteiger partial charge in [0.15, 0.2) is 5.13 Å². The molecule has 1 aliphatic carbocycles. The summed E-state index contributed by atoms with van der Waals surface area (Å²) in [6.07, 6.45) is 2.02. The zero-order valence-corrected chi connectivity index (χ0v) is 17.9. The van der Waals surface area contributed by atoms with Crippen molar-refractivity contribution in [3.63, 3.8) is 0 Å². The first-order valence-corrected chi connectivity index (χ1v) is 11.0. The molecule has 1 aromatic heterocycles. The molecule has 1 saturated carbocycles. The summed E-state index contributed by atoms with van der Waals surface area (Å²) in [5.41, 5.74) is 1.30. The molecule has 0 radical (unpaired) electrons. The van der Waals surface area contributed by atoms with Gasteiger partial charge in [0.05, 0.1) is 18.7 Å². The topological polar surface area (TPSA) is 89.5 Å². The number of hydrogen-bond acceptors (Lipinski definition) is 6. The van der Waals surface area contributed by atoms with Crippen molar-refractivity contribution in [1.29, 1.82) is 0 Å². The van der Waals surface area contributed by atoms with Crippen LogP contribution >= 0.6 is 11.3 Å². The average molecular weight is 438 g/mol. The van der Waals surface area contributed by atoms with Crippen LogP contribution in [0.2, 0.25) is 0 Å². The maximum Gasteiger partial charge on any atom is 0.230 e. The van der Waals surface area contributed by atoms with Crippen LogP contribution in [0.3, 0.4) is 0 Å². The standard InChI is InChI=1S/C23H23N3O4S/c1-2-29-18-9-11-20(12-10-18)30-19-7-5-16(6-8-19)24-21(27)13-17-14-31-23(25-17)26-22(28)15-3-4-15/h5-12,14-15H,2-4,13H2,1H3,(H,24,27)(H,25,26,28). The van der Waals surface area contributed by atoms with Crippen LogP contribution < -0.4 is 20.1 Å². The molecule has 0 aliphatic heterocycles. The molecule has 4 rings (SSSR count). The Labute approximate surface area is 184 Å². The molecular formula is C23H23N3O4S. The molecule has 2 N–H and O–H groups in total. The molecule has 0 unspecified atom stereocenters. The molecule has 0 spiro atoms. The molecule has 8 heteroatoms. The fraction of sp³-hybridized carbons (Fsp3) is 0.261. The SMILES string of the molecule is CCOc1ccc(Oc2ccc(NC(=O)Cc3csc(NC(=O)C4CC4)n3)cc2)cc1. The first-order chi connectivity index (χ1) is 15.1. The zero-order valence-electron chi connectivity index (χ0n) is 17.1. The Balaban J connectivity index is 1.27. The second kappa shape index (κ2) is 9.61. The van der Waals surface area contributed by atoms with Crippen LogP contribution in [0.4, 0.5) is 10.8 Å². The molecule has 31 heavy (non-hydrogen) atoms. The Morgan fingerprint density at radius 2 is 1.65 bits per heavy atom. The average Bonchev–Trinajstić information content (AvgIpc) is 3.53. The smallest absolute Gasteiger partial charge is 0.230 e. The molecule has 1 heterocycles. The van der Waals surface area contributed by atoms with E-state index < -0.39 is 0 Å². The van der Waals surface area contributed by atoms with E-state index in [1.807, 2.05) is 31.2 Å². The number of carbonyl (C=O) groups is 2. The van der Waals surface area contributed by atoms with Gasteiger partial charge >= 0.3 is 0 Å². The van der Waals surface area contributed by atoms with Gasteiger partial charge in [0, 0.05) is 17.0 Å². The number of rotatable bonds is 9. The molecule has 0 bridgehead atoms. The number of aromatic nitrogens is 1. The monoisotopic (exact) mass is 437 g/mol. The molecule has 0 saturated heterocycles. The first kappa shape index (κ1) is 20.9. The van der Waals surface area contributed by atoms with Crippen molar-refractivity contribution in [1.82, 2.24) is 4.98 Å². The second-order valence-electron chi connectivity index (χ2n) is 7.16. The van der Waals surface area contributed by atoms with Gasteiger partial charge in [0.2, 0.25) is 11.8 Å². The van der Waals surface area contributed by atoms with Crippen LogP contribution in [0.1, 0.15) is 25.5 Å². The predicted octanol–water partition coefficient (Wildman–Crippen LogP) is 4.86.